The number of fused-ring (bicyclic) bond motifs is 12. The van der Waals surface area contributed by atoms with Crippen molar-refractivity contribution < 1.29 is 10.0 Å². The molecule has 0 bridgehead atoms. The van der Waals surface area contributed by atoms with Crippen LogP contribution in [0.1, 0.15) is 0 Å². The standard InChI is InChI=1S/C50H32.C30H21BO2.C20H13Br/c1-2-12-37-30-39(26-22-33(37)10-1)34-20-24-36(25-21-34)49-45-16-5-7-18-47(45)50(48-19-8-6-17-46(48)49)42-14-9-13-38(32-42)40-28-29-44-41(31-40)27-23-35-11-3-4-15-43(35)44;32-31(33)30-27-11-5-3-9-25(27)29(26-10-4-6-12-28(26)30)22-16-13-21(14-17-22)24-18-15-20-7-1-2-8-23(20)19-24;21-18-6-3-5-15(13-18)16-10-11-20-17(12-16)9-8-14-4-1-2-7-19(14)20/h1-32H;1-19,32-33H;1-13H. The Morgan fingerprint density at radius 1 is 0.163 bits per heavy atom. The summed E-state index contributed by atoms with van der Waals surface area (Å²) in [6.07, 6.45) is 0. The number of benzene rings is 20. The third-order valence-electron chi connectivity index (χ3n) is 20.8. The van der Waals surface area contributed by atoms with Gasteiger partial charge in [0.05, 0.1) is 0 Å². The molecule has 0 heterocycles. The summed E-state index contributed by atoms with van der Waals surface area (Å²) in [5.74, 6) is 0. The lowest BCUT2D eigenvalue weighted by Crippen LogP contribution is -2.31. The van der Waals surface area contributed by atoms with Crippen LogP contribution in [-0.4, -0.2) is 17.2 Å². The van der Waals surface area contributed by atoms with Crippen molar-refractivity contribution in [1.29, 1.82) is 0 Å². The summed E-state index contributed by atoms with van der Waals surface area (Å²) < 4.78 is 1.11. The minimum Gasteiger partial charge on any atom is -0.423 e. The fourth-order valence-corrected chi connectivity index (χ4v) is 16.2. The molecule has 488 valence electrons. The minimum absolute atomic E-state index is 0.553. The van der Waals surface area contributed by atoms with E-state index in [4.69, 9.17) is 0 Å². The average molecular weight is 1390 g/mol. The summed E-state index contributed by atoms with van der Waals surface area (Å²) in [6, 6.07) is 139. The quantitative estimate of drug-likeness (QED) is 0.0904. The highest BCUT2D eigenvalue weighted by atomic mass is 79.9. The molecule has 2 N–H and O–H groups in total. The van der Waals surface area contributed by atoms with Crippen molar-refractivity contribution in [2.75, 3.05) is 0 Å². The molecule has 0 radical (unpaired) electrons. The maximum Gasteiger partial charge on any atom is 0.489 e. The van der Waals surface area contributed by atoms with Crippen LogP contribution in [0.4, 0.5) is 0 Å². The van der Waals surface area contributed by atoms with Crippen LogP contribution in [0.5, 0.6) is 0 Å². The summed E-state index contributed by atoms with van der Waals surface area (Å²) in [5, 5.41) is 44.5. The van der Waals surface area contributed by atoms with Crippen molar-refractivity contribution in [3.8, 4) is 77.9 Å². The number of hydrogen-bond acceptors (Lipinski definition) is 2. The van der Waals surface area contributed by atoms with Crippen LogP contribution in [0.3, 0.4) is 0 Å². The monoisotopic (exact) mass is 1390 g/mol. The van der Waals surface area contributed by atoms with Crippen LogP contribution in [0.15, 0.2) is 393 Å². The fraction of sp³-hybridized carbons (Fsp3) is 0. The molecule has 0 amide bonds. The third kappa shape index (κ3) is 12.0. The highest BCUT2D eigenvalue weighted by Gasteiger charge is 2.23. The molecule has 4 heteroatoms. The average Bonchev–Trinajstić information content (AvgIpc) is 0.743. The first-order valence-electron chi connectivity index (χ1n) is 35.4. The number of rotatable bonds is 8. The highest BCUT2D eigenvalue weighted by Crippen LogP contribution is 2.46. The molecular formula is C100H66BBrO2. The molecule has 0 aliphatic carbocycles. The first-order valence-corrected chi connectivity index (χ1v) is 36.2. The third-order valence-corrected chi connectivity index (χ3v) is 21.3. The van der Waals surface area contributed by atoms with Crippen LogP contribution in [0, 0.1) is 0 Å². The Labute approximate surface area is 612 Å². The maximum absolute atomic E-state index is 10.2. The second-order valence-corrected chi connectivity index (χ2v) is 27.8. The van der Waals surface area contributed by atoms with E-state index in [9.17, 15) is 10.0 Å². The molecule has 20 rings (SSSR count). The van der Waals surface area contributed by atoms with Crippen molar-refractivity contribution in [2.24, 2.45) is 0 Å². The van der Waals surface area contributed by atoms with Gasteiger partial charge in [-0.1, -0.05) is 362 Å². The van der Waals surface area contributed by atoms with E-state index in [2.05, 4.69) is 368 Å². The van der Waals surface area contributed by atoms with Gasteiger partial charge in [0.25, 0.3) is 0 Å². The van der Waals surface area contributed by atoms with E-state index >= 15 is 0 Å². The van der Waals surface area contributed by atoms with Gasteiger partial charge in [0.1, 0.15) is 0 Å². The lowest BCUT2D eigenvalue weighted by Gasteiger charge is -2.18. The lowest BCUT2D eigenvalue weighted by atomic mass is 9.72. The molecule has 0 saturated carbocycles. The Morgan fingerprint density at radius 2 is 0.423 bits per heavy atom. The number of halogens is 1. The molecular weight excluding hydrogens is 1320 g/mol. The van der Waals surface area contributed by atoms with Crippen LogP contribution in [0.2, 0.25) is 0 Å². The van der Waals surface area contributed by atoms with Crippen molar-refractivity contribution >= 4 is 136 Å². The van der Waals surface area contributed by atoms with E-state index in [1.54, 1.807) is 0 Å². The van der Waals surface area contributed by atoms with E-state index in [0.29, 0.717) is 5.46 Å². The fourth-order valence-electron chi connectivity index (χ4n) is 15.8. The second-order valence-electron chi connectivity index (χ2n) is 26.9. The first kappa shape index (κ1) is 63.6. The maximum atomic E-state index is 10.2. The second kappa shape index (κ2) is 27.4. The van der Waals surface area contributed by atoms with E-state index < -0.39 is 7.12 Å². The Bertz CT molecular complexity index is 6600. The minimum atomic E-state index is -1.54. The van der Waals surface area contributed by atoms with E-state index in [1.807, 2.05) is 36.4 Å². The summed E-state index contributed by atoms with van der Waals surface area (Å²) in [7, 11) is -1.54. The van der Waals surface area contributed by atoms with Gasteiger partial charge in [0.15, 0.2) is 0 Å². The molecule has 0 aromatic heterocycles. The van der Waals surface area contributed by atoms with E-state index in [0.717, 1.165) is 37.1 Å². The summed E-state index contributed by atoms with van der Waals surface area (Å²) in [4.78, 5) is 0. The Kier molecular flexibility index (Phi) is 16.8. The van der Waals surface area contributed by atoms with Crippen molar-refractivity contribution in [2.45, 2.75) is 0 Å². The van der Waals surface area contributed by atoms with Crippen LogP contribution in [-0.2, 0) is 0 Å². The molecule has 0 unspecified atom stereocenters. The normalized spacial score (nSPS) is 11.4. The topological polar surface area (TPSA) is 40.5 Å². The number of hydrogen-bond donors (Lipinski definition) is 2. The van der Waals surface area contributed by atoms with Gasteiger partial charge in [-0.3, -0.25) is 0 Å². The van der Waals surface area contributed by atoms with E-state index in [-0.39, 0.29) is 0 Å². The van der Waals surface area contributed by atoms with Crippen LogP contribution >= 0.6 is 15.9 Å². The molecule has 0 aliphatic heterocycles. The van der Waals surface area contributed by atoms with Gasteiger partial charge in [-0.05, 0) is 234 Å². The summed E-state index contributed by atoms with van der Waals surface area (Å²) in [5.41, 5.74) is 17.5. The SMILES string of the molecule is Brc1cccc(-c2ccc3c(ccc4ccccc43)c2)c1.OB(O)c1c2ccccc2c(-c2ccc(-c3ccc4ccccc4c3)cc2)c2ccccc12.c1cc(-c2ccc3c(ccc4ccccc43)c2)cc(-c2c3ccccc3c(-c3ccc(-c4ccc5ccccc5c4)cc3)c3ccccc23)c1. The van der Waals surface area contributed by atoms with Gasteiger partial charge < -0.3 is 10.0 Å². The van der Waals surface area contributed by atoms with Gasteiger partial charge in [-0.25, -0.2) is 0 Å². The van der Waals surface area contributed by atoms with Crippen LogP contribution < -0.4 is 5.46 Å². The summed E-state index contributed by atoms with van der Waals surface area (Å²) >= 11 is 3.54. The van der Waals surface area contributed by atoms with Gasteiger partial charge in [0.2, 0.25) is 0 Å². The van der Waals surface area contributed by atoms with E-state index in [1.165, 1.54) is 153 Å². The molecule has 20 aromatic rings. The molecule has 104 heavy (non-hydrogen) atoms. The molecule has 2 nitrogen and oxygen atoms in total. The van der Waals surface area contributed by atoms with Crippen molar-refractivity contribution in [3.05, 3.63) is 393 Å². The van der Waals surface area contributed by atoms with Crippen LogP contribution in [0.25, 0.3) is 186 Å². The zero-order valence-corrected chi connectivity index (χ0v) is 58.4. The predicted octanol–water partition coefficient (Wildman–Crippen LogP) is 26.7. The van der Waals surface area contributed by atoms with Gasteiger partial charge in [-0.15, -0.1) is 0 Å². The smallest absolute Gasteiger partial charge is 0.423 e. The first-order chi connectivity index (χ1) is 51.3. The molecule has 0 fully saturated rings. The predicted molar refractivity (Wildman–Crippen MR) is 450 cm³/mol. The lowest BCUT2D eigenvalue weighted by molar-refractivity contribution is 0.426. The van der Waals surface area contributed by atoms with Gasteiger partial charge >= 0.3 is 7.12 Å². The molecule has 0 aliphatic rings. The van der Waals surface area contributed by atoms with Crippen molar-refractivity contribution in [1.82, 2.24) is 0 Å². The molecule has 20 aromatic carbocycles. The van der Waals surface area contributed by atoms with Crippen molar-refractivity contribution in [3.63, 3.8) is 0 Å². The zero-order valence-electron chi connectivity index (χ0n) is 56.8. The molecule has 0 atom stereocenters. The highest BCUT2D eigenvalue weighted by molar-refractivity contribution is 9.10. The largest absolute Gasteiger partial charge is 0.489 e. The Morgan fingerprint density at radius 3 is 0.846 bits per heavy atom. The Hall–Kier alpha value is -12.5. The summed E-state index contributed by atoms with van der Waals surface area (Å²) in [6.45, 7) is 0. The Balaban J connectivity index is 0.000000122. The van der Waals surface area contributed by atoms with Gasteiger partial charge in [-0.2, -0.15) is 0 Å². The molecule has 0 spiro atoms. The zero-order chi connectivity index (χ0) is 69.6. The van der Waals surface area contributed by atoms with Gasteiger partial charge in [0, 0.05) is 4.47 Å². The molecule has 0 saturated heterocycles.